The quantitative estimate of drug-likeness (QED) is 0.638. The summed E-state index contributed by atoms with van der Waals surface area (Å²) in [5.41, 5.74) is -1.77. The third kappa shape index (κ3) is 7.00. The molecule has 1 atom stereocenters. The molecule has 0 saturated heterocycles. The number of rotatable bonds is 6. The maximum Gasteiger partial charge on any atom is 0.409 e. The SMILES string of the molecule is CCCNC(C)(NC(=O)OC(C)(C)C)C(=O)NCC. The summed E-state index contributed by atoms with van der Waals surface area (Å²) in [6.45, 7) is 11.9. The van der Waals surface area contributed by atoms with Gasteiger partial charge in [0.05, 0.1) is 0 Å². The second-order valence-corrected chi connectivity index (χ2v) is 5.54. The fraction of sp³-hybridized carbons (Fsp3) is 0.846. The first-order valence-electron chi connectivity index (χ1n) is 6.69. The van der Waals surface area contributed by atoms with Crippen LogP contribution in [0.3, 0.4) is 0 Å². The highest BCUT2D eigenvalue weighted by Gasteiger charge is 2.35. The summed E-state index contributed by atoms with van der Waals surface area (Å²) in [6.07, 6.45) is 0.232. The lowest BCUT2D eigenvalue weighted by molar-refractivity contribution is -0.128. The van der Waals surface area contributed by atoms with Crippen molar-refractivity contribution in [1.29, 1.82) is 0 Å². The third-order valence-corrected chi connectivity index (χ3v) is 2.27. The largest absolute Gasteiger partial charge is 0.444 e. The second kappa shape index (κ2) is 7.33. The van der Waals surface area contributed by atoms with E-state index in [1.54, 1.807) is 27.7 Å². The van der Waals surface area contributed by atoms with Crippen molar-refractivity contribution in [1.82, 2.24) is 16.0 Å². The molecule has 0 aliphatic carbocycles. The fourth-order valence-electron chi connectivity index (χ4n) is 1.40. The van der Waals surface area contributed by atoms with Crippen molar-refractivity contribution in [2.24, 2.45) is 0 Å². The van der Waals surface area contributed by atoms with Gasteiger partial charge in [0.2, 0.25) is 0 Å². The highest BCUT2D eigenvalue weighted by molar-refractivity contribution is 5.89. The molecule has 0 spiro atoms. The predicted octanol–water partition coefficient (Wildman–Crippen LogP) is 1.36. The molecule has 0 rings (SSSR count). The zero-order valence-corrected chi connectivity index (χ0v) is 12.8. The van der Waals surface area contributed by atoms with Crippen LogP contribution < -0.4 is 16.0 Å². The first kappa shape index (κ1) is 17.7. The number of hydrogen-bond donors (Lipinski definition) is 3. The van der Waals surface area contributed by atoms with E-state index in [4.69, 9.17) is 4.74 Å². The molecule has 0 aromatic heterocycles. The van der Waals surface area contributed by atoms with E-state index in [0.717, 1.165) is 6.42 Å². The molecule has 0 fully saturated rings. The molecular weight excluding hydrogens is 246 g/mol. The number of alkyl carbamates (subject to hydrolysis) is 1. The molecule has 0 radical (unpaired) electrons. The first-order chi connectivity index (χ1) is 8.64. The first-order valence-corrected chi connectivity index (χ1v) is 6.69. The van der Waals surface area contributed by atoms with Gasteiger partial charge in [0.1, 0.15) is 5.60 Å². The number of amides is 2. The maximum absolute atomic E-state index is 12.0. The Kier molecular flexibility index (Phi) is 6.83. The van der Waals surface area contributed by atoms with E-state index in [0.29, 0.717) is 13.1 Å². The Morgan fingerprint density at radius 3 is 2.11 bits per heavy atom. The lowest BCUT2D eigenvalue weighted by Gasteiger charge is -2.31. The Morgan fingerprint density at radius 1 is 1.11 bits per heavy atom. The maximum atomic E-state index is 12.0. The number of ether oxygens (including phenoxy) is 1. The van der Waals surface area contributed by atoms with Crippen molar-refractivity contribution in [2.75, 3.05) is 13.1 Å². The van der Waals surface area contributed by atoms with E-state index in [1.807, 2.05) is 13.8 Å². The van der Waals surface area contributed by atoms with E-state index in [9.17, 15) is 9.59 Å². The summed E-state index contributed by atoms with van der Waals surface area (Å²) < 4.78 is 5.17. The van der Waals surface area contributed by atoms with Gasteiger partial charge in [-0.2, -0.15) is 0 Å². The van der Waals surface area contributed by atoms with Gasteiger partial charge in [0, 0.05) is 6.54 Å². The Hall–Kier alpha value is -1.30. The van der Waals surface area contributed by atoms with Crippen LogP contribution >= 0.6 is 0 Å². The minimum Gasteiger partial charge on any atom is -0.444 e. The fourth-order valence-corrected chi connectivity index (χ4v) is 1.40. The highest BCUT2D eigenvalue weighted by atomic mass is 16.6. The van der Waals surface area contributed by atoms with Crippen molar-refractivity contribution in [3.05, 3.63) is 0 Å². The highest BCUT2D eigenvalue weighted by Crippen LogP contribution is 2.08. The lowest BCUT2D eigenvalue weighted by atomic mass is 10.1. The van der Waals surface area contributed by atoms with Crippen LogP contribution in [0.1, 0.15) is 48.0 Å². The van der Waals surface area contributed by atoms with Crippen molar-refractivity contribution in [3.63, 3.8) is 0 Å². The van der Waals surface area contributed by atoms with E-state index >= 15 is 0 Å². The van der Waals surface area contributed by atoms with Gasteiger partial charge in [-0.1, -0.05) is 6.92 Å². The number of hydrogen-bond acceptors (Lipinski definition) is 4. The Balaban J connectivity index is 4.75. The zero-order valence-electron chi connectivity index (χ0n) is 12.8. The molecular formula is C13H27N3O3. The van der Waals surface area contributed by atoms with Gasteiger partial charge in [-0.05, 0) is 47.6 Å². The van der Waals surface area contributed by atoms with Crippen molar-refractivity contribution in [3.8, 4) is 0 Å². The van der Waals surface area contributed by atoms with Gasteiger partial charge >= 0.3 is 6.09 Å². The van der Waals surface area contributed by atoms with Gasteiger partial charge in [0.15, 0.2) is 5.66 Å². The molecule has 0 aromatic rings. The molecule has 0 aromatic carbocycles. The molecule has 2 amide bonds. The molecule has 112 valence electrons. The summed E-state index contributed by atoms with van der Waals surface area (Å²) in [5, 5.41) is 8.30. The van der Waals surface area contributed by atoms with Crippen LogP contribution in [-0.2, 0) is 9.53 Å². The van der Waals surface area contributed by atoms with Crippen LogP contribution in [0.4, 0.5) is 4.79 Å². The molecule has 3 N–H and O–H groups in total. The Bertz CT molecular complexity index is 313. The van der Waals surface area contributed by atoms with Crippen molar-refractivity contribution >= 4 is 12.0 Å². The molecule has 0 aliphatic rings. The number of likely N-dealkylation sites (N-methyl/N-ethyl adjacent to an activating group) is 1. The summed E-state index contributed by atoms with van der Waals surface area (Å²) in [5.74, 6) is -0.283. The lowest BCUT2D eigenvalue weighted by Crippen LogP contribution is -2.65. The topological polar surface area (TPSA) is 79.5 Å². The van der Waals surface area contributed by atoms with E-state index in [1.165, 1.54) is 0 Å². The van der Waals surface area contributed by atoms with E-state index < -0.39 is 17.4 Å². The summed E-state index contributed by atoms with van der Waals surface area (Å²) in [6, 6.07) is 0. The average Bonchev–Trinajstić information content (AvgIpc) is 2.23. The molecule has 0 saturated carbocycles. The summed E-state index contributed by atoms with van der Waals surface area (Å²) in [7, 11) is 0. The van der Waals surface area contributed by atoms with Gasteiger partial charge in [0.25, 0.3) is 5.91 Å². The van der Waals surface area contributed by atoms with Crippen molar-refractivity contribution < 1.29 is 14.3 Å². The molecule has 0 bridgehead atoms. The van der Waals surface area contributed by atoms with Crippen LogP contribution in [-0.4, -0.2) is 36.4 Å². The summed E-state index contributed by atoms with van der Waals surface area (Å²) in [4.78, 5) is 23.8. The number of carbonyl (C=O) groups excluding carboxylic acids is 2. The van der Waals surface area contributed by atoms with Gasteiger partial charge in [-0.15, -0.1) is 0 Å². The second-order valence-electron chi connectivity index (χ2n) is 5.54. The monoisotopic (exact) mass is 273 g/mol. The van der Waals surface area contributed by atoms with Crippen LogP contribution in [0.5, 0.6) is 0 Å². The minimum atomic E-state index is -1.17. The summed E-state index contributed by atoms with van der Waals surface area (Å²) >= 11 is 0. The smallest absolute Gasteiger partial charge is 0.409 e. The number of nitrogens with one attached hydrogen (secondary N) is 3. The predicted molar refractivity (Wildman–Crippen MR) is 74.8 cm³/mol. The molecule has 19 heavy (non-hydrogen) atoms. The minimum absolute atomic E-state index is 0.283. The number of carbonyl (C=O) groups is 2. The van der Waals surface area contributed by atoms with Crippen molar-refractivity contribution in [2.45, 2.75) is 59.2 Å². The molecule has 6 nitrogen and oxygen atoms in total. The average molecular weight is 273 g/mol. The Labute approximate surface area is 115 Å². The zero-order chi connectivity index (χ0) is 15.1. The van der Waals surface area contributed by atoms with Crippen LogP contribution in [0.25, 0.3) is 0 Å². The molecule has 0 aliphatic heterocycles. The molecule has 1 unspecified atom stereocenters. The van der Waals surface area contributed by atoms with Crippen LogP contribution in [0.15, 0.2) is 0 Å². The van der Waals surface area contributed by atoms with Crippen LogP contribution in [0.2, 0.25) is 0 Å². The third-order valence-electron chi connectivity index (χ3n) is 2.27. The molecule has 6 heteroatoms. The van der Waals surface area contributed by atoms with Gasteiger partial charge < -0.3 is 10.1 Å². The van der Waals surface area contributed by atoms with Gasteiger partial charge in [-0.25, -0.2) is 4.79 Å². The van der Waals surface area contributed by atoms with E-state index in [-0.39, 0.29) is 5.91 Å². The van der Waals surface area contributed by atoms with Crippen LogP contribution in [0, 0.1) is 0 Å². The standard InChI is InChI=1S/C13H27N3O3/c1-7-9-15-13(6,10(17)14-8-2)16-11(18)19-12(3,4)5/h15H,7-9H2,1-6H3,(H,14,17)(H,16,18). The molecule has 0 heterocycles. The Morgan fingerprint density at radius 2 is 1.68 bits per heavy atom. The van der Waals surface area contributed by atoms with Gasteiger partial charge in [-0.3, -0.25) is 15.4 Å². The normalized spacial score (nSPS) is 14.4. The van der Waals surface area contributed by atoms with E-state index in [2.05, 4.69) is 16.0 Å².